The molecule has 0 aromatic carbocycles. The third-order valence-electron chi connectivity index (χ3n) is 3.09. The van der Waals surface area contributed by atoms with Crippen molar-refractivity contribution in [2.24, 2.45) is 11.7 Å². The zero-order valence-corrected chi connectivity index (χ0v) is 11.2. The van der Waals surface area contributed by atoms with Gasteiger partial charge in [0.1, 0.15) is 6.54 Å². The zero-order valence-electron chi connectivity index (χ0n) is 11.2. The fraction of sp³-hybridized carbons (Fsp3) is 0.615. The molecule has 96 valence electrons. The van der Waals surface area contributed by atoms with Crippen LogP contribution in [0.3, 0.4) is 0 Å². The lowest BCUT2D eigenvalue weighted by Gasteiger charge is -2.15. The van der Waals surface area contributed by atoms with E-state index < -0.39 is 0 Å². The van der Waals surface area contributed by atoms with Crippen LogP contribution in [0.2, 0.25) is 0 Å². The average molecular weight is 237 g/mol. The molecule has 4 nitrogen and oxygen atoms in total. The van der Waals surface area contributed by atoms with Gasteiger partial charge in [0.25, 0.3) is 0 Å². The number of hydrogen-bond donors (Lipinski definition) is 1. The van der Waals surface area contributed by atoms with Crippen molar-refractivity contribution in [3.05, 3.63) is 24.0 Å². The highest BCUT2D eigenvalue weighted by Crippen LogP contribution is 2.18. The second-order valence-corrected chi connectivity index (χ2v) is 4.79. The van der Waals surface area contributed by atoms with Gasteiger partial charge in [-0.3, -0.25) is 4.79 Å². The fourth-order valence-corrected chi connectivity index (χ4v) is 1.59. The minimum Gasteiger partial charge on any atom is -0.345 e. The van der Waals surface area contributed by atoms with E-state index in [1.165, 1.54) is 0 Å². The van der Waals surface area contributed by atoms with Crippen LogP contribution in [0.15, 0.2) is 18.5 Å². The lowest BCUT2D eigenvalue weighted by Crippen LogP contribution is -2.29. The number of carbonyl (C=O) groups excluding carboxylic acids is 1. The molecule has 0 radical (unpaired) electrons. The number of hydrogen-bond acceptors (Lipinski definition) is 2. The Morgan fingerprint density at radius 2 is 2.18 bits per heavy atom. The monoisotopic (exact) mass is 237 g/mol. The Labute approximate surface area is 103 Å². The topological polar surface area (TPSA) is 51.3 Å². The number of nitrogens with zero attached hydrogens (tertiary/aromatic N) is 2. The van der Waals surface area contributed by atoms with E-state index in [1.807, 2.05) is 37.0 Å². The Bertz CT molecular complexity index is 370. The first kappa shape index (κ1) is 13.8. The first-order valence-electron chi connectivity index (χ1n) is 6.11. The molecule has 0 saturated carbocycles. The number of carbonyl (C=O) groups is 1. The highest BCUT2D eigenvalue weighted by atomic mass is 16.2. The summed E-state index contributed by atoms with van der Waals surface area (Å²) in [7, 11) is 1.81. The van der Waals surface area contributed by atoms with Crippen LogP contribution < -0.4 is 5.73 Å². The Hall–Kier alpha value is -1.29. The van der Waals surface area contributed by atoms with Gasteiger partial charge in [-0.1, -0.05) is 13.8 Å². The van der Waals surface area contributed by atoms with E-state index in [0.29, 0.717) is 12.5 Å². The summed E-state index contributed by atoms with van der Waals surface area (Å²) in [4.78, 5) is 13.4. The van der Waals surface area contributed by atoms with Gasteiger partial charge in [0.2, 0.25) is 5.91 Å². The molecule has 1 amide bonds. The van der Waals surface area contributed by atoms with Crippen LogP contribution >= 0.6 is 0 Å². The van der Waals surface area contributed by atoms with Crippen LogP contribution in [-0.4, -0.2) is 29.0 Å². The summed E-state index contributed by atoms with van der Waals surface area (Å²) >= 11 is 0. The number of amides is 1. The van der Waals surface area contributed by atoms with Crippen molar-refractivity contribution in [2.75, 3.05) is 13.6 Å². The number of nitrogens with two attached hydrogens (primary N) is 1. The van der Waals surface area contributed by atoms with Crippen molar-refractivity contribution in [2.45, 2.75) is 33.4 Å². The van der Waals surface area contributed by atoms with Crippen LogP contribution in [0.1, 0.15) is 32.4 Å². The van der Waals surface area contributed by atoms with Crippen molar-refractivity contribution in [1.29, 1.82) is 0 Å². The molecule has 1 unspecified atom stereocenters. The molecule has 1 aromatic heterocycles. The van der Waals surface area contributed by atoms with E-state index in [2.05, 4.69) is 13.8 Å². The van der Waals surface area contributed by atoms with Crippen molar-refractivity contribution < 1.29 is 4.79 Å². The Balaban J connectivity index is 2.66. The summed E-state index contributed by atoms with van der Waals surface area (Å²) in [6, 6.07) is 2.03. The van der Waals surface area contributed by atoms with Gasteiger partial charge in [-0.15, -0.1) is 0 Å². The maximum absolute atomic E-state index is 11.7. The largest absolute Gasteiger partial charge is 0.345 e. The van der Waals surface area contributed by atoms with Crippen molar-refractivity contribution in [3.63, 3.8) is 0 Å². The molecule has 1 heterocycles. The third-order valence-corrected chi connectivity index (χ3v) is 3.09. The zero-order chi connectivity index (χ0) is 13.0. The fourth-order valence-electron chi connectivity index (χ4n) is 1.59. The van der Waals surface area contributed by atoms with E-state index in [-0.39, 0.29) is 11.9 Å². The lowest BCUT2D eigenvalue weighted by molar-refractivity contribution is -0.130. The molecule has 0 bridgehead atoms. The molecule has 0 fully saturated rings. The first-order chi connectivity index (χ1) is 7.95. The van der Waals surface area contributed by atoms with Crippen LogP contribution in [-0.2, 0) is 11.3 Å². The van der Waals surface area contributed by atoms with E-state index in [1.54, 1.807) is 4.90 Å². The third kappa shape index (κ3) is 3.60. The minimum atomic E-state index is 0.0373. The smallest absolute Gasteiger partial charge is 0.242 e. The number of rotatable bonds is 5. The van der Waals surface area contributed by atoms with Gasteiger partial charge in [-0.2, -0.15) is 0 Å². The molecule has 0 spiro atoms. The van der Waals surface area contributed by atoms with Crippen molar-refractivity contribution >= 4 is 5.91 Å². The van der Waals surface area contributed by atoms with E-state index >= 15 is 0 Å². The van der Waals surface area contributed by atoms with Gasteiger partial charge in [0.05, 0.1) is 0 Å². The summed E-state index contributed by atoms with van der Waals surface area (Å²) in [6.45, 7) is 7.28. The summed E-state index contributed by atoms with van der Waals surface area (Å²) in [5.41, 5.74) is 7.15. The Morgan fingerprint density at radius 3 is 2.71 bits per heavy atom. The van der Waals surface area contributed by atoms with E-state index in [4.69, 9.17) is 5.73 Å². The van der Waals surface area contributed by atoms with Crippen LogP contribution in [0, 0.1) is 5.92 Å². The molecule has 4 heteroatoms. The van der Waals surface area contributed by atoms with E-state index in [9.17, 15) is 4.79 Å². The summed E-state index contributed by atoms with van der Waals surface area (Å²) in [6.07, 6.45) is 3.88. The Morgan fingerprint density at radius 1 is 1.53 bits per heavy atom. The molecule has 1 rings (SSSR count). The van der Waals surface area contributed by atoms with Crippen molar-refractivity contribution in [1.82, 2.24) is 9.47 Å². The Kier molecular flexibility index (Phi) is 4.75. The maximum atomic E-state index is 11.7. The quantitative estimate of drug-likeness (QED) is 0.846. The van der Waals surface area contributed by atoms with Crippen LogP contribution in [0.5, 0.6) is 0 Å². The SMILES string of the molecule is CCN(C)C(=O)Cn1ccc(C(N)C(C)C)c1. The average Bonchev–Trinajstić information content (AvgIpc) is 2.74. The second kappa shape index (κ2) is 5.87. The van der Waals surface area contributed by atoms with Gasteiger partial charge in [-0.25, -0.2) is 0 Å². The normalized spacial score (nSPS) is 12.8. The molecule has 2 N–H and O–H groups in total. The highest BCUT2D eigenvalue weighted by molar-refractivity contribution is 5.75. The molecule has 0 aliphatic heterocycles. The molecule has 17 heavy (non-hydrogen) atoms. The first-order valence-corrected chi connectivity index (χ1v) is 6.11. The minimum absolute atomic E-state index is 0.0373. The van der Waals surface area contributed by atoms with Gasteiger partial charge < -0.3 is 15.2 Å². The number of likely N-dealkylation sites (N-methyl/N-ethyl adjacent to an activating group) is 1. The van der Waals surface area contributed by atoms with E-state index in [0.717, 1.165) is 12.1 Å². The molecule has 1 atom stereocenters. The lowest BCUT2D eigenvalue weighted by atomic mass is 10.00. The maximum Gasteiger partial charge on any atom is 0.242 e. The molecule has 1 aromatic rings. The molecule has 0 saturated heterocycles. The van der Waals surface area contributed by atoms with Crippen LogP contribution in [0.4, 0.5) is 0 Å². The van der Waals surface area contributed by atoms with Gasteiger partial charge in [0, 0.05) is 32.0 Å². The van der Waals surface area contributed by atoms with Gasteiger partial charge >= 0.3 is 0 Å². The van der Waals surface area contributed by atoms with Crippen LogP contribution in [0.25, 0.3) is 0 Å². The van der Waals surface area contributed by atoms with Gasteiger partial charge in [-0.05, 0) is 24.5 Å². The number of aromatic nitrogens is 1. The summed E-state index contributed by atoms with van der Waals surface area (Å²) < 4.78 is 1.89. The molecule has 0 aliphatic rings. The van der Waals surface area contributed by atoms with Gasteiger partial charge in [0.15, 0.2) is 0 Å². The predicted molar refractivity (Wildman–Crippen MR) is 69.5 cm³/mol. The standard InChI is InChI=1S/C13H23N3O/c1-5-15(4)12(17)9-16-7-6-11(8-16)13(14)10(2)3/h6-8,10,13H,5,9,14H2,1-4H3. The summed E-state index contributed by atoms with van der Waals surface area (Å²) in [5.74, 6) is 0.521. The summed E-state index contributed by atoms with van der Waals surface area (Å²) in [5, 5.41) is 0. The van der Waals surface area contributed by atoms with Crippen molar-refractivity contribution in [3.8, 4) is 0 Å². The molecule has 0 aliphatic carbocycles. The molecular formula is C13H23N3O. The second-order valence-electron chi connectivity index (χ2n) is 4.79. The predicted octanol–water partition coefficient (Wildman–Crippen LogP) is 1.62. The molecular weight excluding hydrogens is 214 g/mol. The highest BCUT2D eigenvalue weighted by Gasteiger charge is 2.13.